The van der Waals surface area contributed by atoms with Crippen LogP contribution in [-0.4, -0.2) is 18.0 Å². The number of imidazole rings is 1. The largest absolute Gasteiger partial charge is 0.293 e. The van der Waals surface area contributed by atoms with E-state index in [1.165, 1.54) is 0 Å². The van der Waals surface area contributed by atoms with Crippen molar-refractivity contribution in [2.45, 2.75) is 5.16 Å². The number of aromatic nitrogens is 2. The molecule has 126 valence electrons. The maximum Gasteiger partial charge on any atom is 0.252 e. The number of thioether (sulfide) groups is 1. The van der Waals surface area contributed by atoms with Gasteiger partial charge in [0.1, 0.15) is 0 Å². The van der Waals surface area contributed by atoms with Crippen LogP contribution >= 0.6 is 11.8 Å². The minimum Gasteiger partial charge on any atom is -0.293 e. The van der Waals surface area contributed by atoms with Crippen LogP contribution in [0.1, 0.15) is 0 Å². The number of hydrogen-bond acceptors (Lipinski definition) is 4. The molecule has 0 aliphatic carbocycles. The number of hydrogen-bond donors (Lipinski definition) is 1. The minimum atomic E-state index is -4.09. The predicted octanol–water partition coefficient (Wildman–Crippen LogP) is 2.55. The molecule has 5 nitrogen and oxygen atoms in total. The van der Waals surface area contributed by atoms with Gasteiger partial charge in [-0.3, -0.25) is 4.57 Å². The van der Waals surface area contributed by atoms with Gasteiger partial charge in [-0.1, -0.05) is 5.73 Å². The molecule has 0 amide bonds. The second-order valence-electron chi connectivity index (χ2n) is 4.47. The average molecular weight is 381 g/mol. The molecular formula is C12H4F5N3O2S2. The van der Waals surface area contributed by atoms with Crippen molar-refractivity contribution in [3.05, 3.63) is 45.3 Å². The third-order valence-electron chi connectivity index (χ3n) is 2.93. The molecule has 24 heavy (non-hydrogen) atoms. The third-order valence-corrected chi connectivity index (χ3v) is 5.30. The van der Waals surface area contributed by atoms with Crippen LogP contribution in [0.2, 0.25) is 0 Å². The highest BCUT2D eigenvalue weighted by atomic mass is 32.3. The van der Waals surface area contributed by atoms with E-state index in [4.69, 9.17) is 5.14 Å². The lowest BCUT2D eigenvalue weighted by Crippen LogP contribution is -2.13. The fraction of sp³-hybridized carbons (Fsp3) is 0. The predicted molar refractivity (Wildman–Crippen MR) is 74.2 cm³/mol. The Morgan fingerprint density at radius 3 is 2.12 bits per heavy atom. The molecule has 3 rings (SSSR count). The summed E-state index contributed by atoms with van der Waals surface area (Å²) < 4.78 is 90.4. The molecule has 0 spiro atoms. The van der Waals surface area contributed by atoms with E-state index in [0.29, 0.717) is 11.8 Å². The van der Waals surface area contributed by atoms with Crippen LogP contribution in [0.5, 0.6) is 0 Å². The molecule has 0 bridgehead atoms. The number of nitrogens with two attached hydrogens (primary N) is 1. The molecule has 0 radical (unpaired) electrons. The SMILES string of the molecule is NS(=O)(=O)C1=C=Cn2cc(-c3c(F)c(F)c(F)c(F)c3F)nc2S1. The smallest absolute Gasteiger partial charge is 0.252 e. The van der Waals surface area contributed by atoms with Crippen LogP contribution in [0.25, 0.3) is 17.5 Å². The van der Waals surface area contributed by atoms with Crippen LogP contribution < -0.4 is 5.14 Å². The van der Waals surface area contributed by atoms with Crippen molar-refractivity contribution < 1.29 is 30.4 Å². The third kappa shape index (κ3) is 2.53. The highest BCUT2D eigenvalue weighted by Gasteiger charge is 2.29. The number of primary sulfonamides is 1. The Morgan fingerprint density at radius 1 is 1.04 bits per heavy atom. The molecule has 2 heterocycles. The molecule has 1 aliphatic heterocycles. The highest BCUT2D eigenvalue weighted by molar-refractivity contribution is 8.17. The van der Waals surface area contributed by atoms with Crippen molar-refractivity contribution in [2.75, 3.05) is 0 Å². The summed E-state index contributed by atoms with van der Waals surface area (Å²) in [7, 11) is -4.09. The number of nitrogens with zero attached hydrogens (tertiary/aromatic N) is 2. The lowest BCUT2D eigenvalue weighted by molar-refractivity contribution is 0.381. The van der Waals surface area contributed by atoms with E-state index in [9.17, 15) is 30.4 Å². The lowest BCUT2D eigenvalue weighted by atomic mass is 10.1. The van der Waals surface area contributed by atoms with Crippen molar-refractivity contribution in [1.29, 1.82) is 0 Å². The average Bonchev–Trinajstić information content (AvgIpc) is 2.93. The Hall–Kier alpha value is -2.14. The molecule has 0 unspecified atom stereocenters. The monoisotopic (exact) mass is 381 g/mol. The summed E-state index contributed by atoms with van der Waals surface area (Å²) in [5.74, 6) is -10.6. The van der Waals surface area contributed by atoms with Crippen molar-refractivity contribution in [2.24, 2.45) is 5.14 Å². The number of halogens is 5. The zero-order valence-electron chi connectivity index (χ0n) is 11.1. The Bertz CT molecular complexity index is 1030. The maximum absolute atomic E-state index is 13.8. The second-order valence-corrected chi connectivity index (χ2v) is 7.20. The summed E-state index contributed by atoms with van der Waals surface area (Å²) in [6, 6.07) is 0. The molecule has 0 atom stereocenters. The van der Waals surface area contributed by atoms with Crippen molar-refractivity contribution in [3.8, 4) is 11.3 Å². The maximum atomic E-state index is 13.8. The lowest BCUT2D eigenvalue weighted by Gasteiger charge is -2.05. The number of benzene rings is 1. The molecule has 1 aliphatic rings. The summed E-state index contributed by atoms with van der Waals surface area (Å²) in [5.41, 5.74) is 0.517. The van der Waals surface area contributed by atoms with E-state index in [1.807, 2.05) is 0 Å². The zero-order chi connectivity index (χ0) is 17.8. The number of fused-ring (bicyclic) bond motifs is 1. The Morgan fingerprint density at radius 2 is 1.58 bits per heavy atom. The fourth-order valence-electron chi connectivity index (χ4n) is 1.87. The number of sulfonamides is 1. The normalized spacial score (nSPS) is 13.8. The first-order valence-electron chi connectivity index (χ1n) is 5.89. The summed E-state index contributed by atoms with van der Waals surface area (Å²) in [5, 5.41) is 4.82. The topological polar surface area (TPSA) is 78.0 Å². The van der Waals surface area contributed by atoms with Gasteiger partial charge in [0.25, 0.3) is 10.0 Å². The standard InChI is InChI=1S/C12H4F5N3O2S2/c13-7-6(8(14)10(16)11(17)9(7)15)4-3-20-2-1-5(24(18,21)22)23-12(20)19-4/h2-3H,(H2,18,21,22). The Labute approximate surface area is 135 Å². The molecule has 1 aromatic carbocycles. The van der Waals surface area contributed by atoms with E-state index in [0.717, 1.165) is 17.0 Å². The van der Waals surface area contributed by atoms with Gasteiger partial charge in [-0.15, -0.1) is 0 Å². The summed E-state index contributed by atoms with van der Waals surface area (Å²) >= 11 is 0.509. The van der Waals surface area contributed by atoms with Crippen LogP contribution in [0.4, 0.5) is 22.0 Å². The van der Waals surface area contributed by atoms with Gasteiger partial charge in [-0.2, -0.15) is 0 Å². The van der Waals surface area contributed by atoms with E-state index >= 15 is 0 Å². The highest BCUT2D eigenvalue weighted by Crippen LogP contribution is 2.36. The van der Waals surface area contributed by atoms with E-state index in [-0.39, 0.29) is 5.16 Å². The van der Waals surface area contributed by atoms with E-state index in [2.05, 4.69) is 10.7 Å². The first-order chi connectivity index (χ1) is 11.1. The first kappa shape index (κ1) is 16.7. The molecule has 2 N–H and O–H groups in total. The number of rotatable bonds is 2. The van der Waals surface area contributed by atoms with Crippen molar-refractivity contribution in [1.82, 2.24) is 9.55 Å². The van der Waals surface area contributed by atoms with E-state index in [1.54, 1.807) is 0 Å². The van der Waals surface area contributed by atoms with Crippen LogP contribution in [0.3, 0.4) is 0 Å². The van der Waals surface area contributed by atoms with Crippen LogP contribution in [-0.2, 0) is 10.0 Å². The molecule has 12 heteroatoms. The van der Waals surface area contributed by atoms with Gasteiger partial charge in [-0.25, -0.2) is 40.5 Å². The van der Waals surface area contributed by atoms with Crippen LogP contribution in [0, 0.1) is 29.1 Å². The van der Waals surface area contributed by atoms with E-state index < -0.39 is 54.6 Å². The molecular weight excluding hydrogens is 377 g/mol. The molecule has 1 aromatic heterocycles. The van der Waals surface area contributed by atoms with Crippen LogP contribution in [0.15, 0.2) is 21.3 Å². The van der Waals surface area contributed by atoms with Gasteiger partial charge < -0.3 is 0 Å². The van der Waals surface area contributed by atoms with Gasteiger partial charge in [0.2, 0.25) is 5.82 Å². The van der Waals surface area contributed by atoms with Crippen molar-refractivity contribution in [3.63, 3.8) is 0 Å². The fourth-order valence-corrected chi connectivity index (χ4v) is 3.41. The summed E-state index contributed by atoms with van der Waals surface area (Å²) in [4.78, 5) is 3.70. The van der Waals surface area contributed by atoms with Gasteiger partial charge in [0.05, 0.1) is 17.5 Å². The second kappa shape index (κ2) is 5.45. The molecule has 2 aromatic rings. The first-order valence-corrected chi connectivity index (χ1v) is 8.25. The van der Waals surface area contributed by atoms with Gasteiger partial charge >= 0.3 is 0 Å². The molecule has 0 fully saturated rings. The summed E-state index contributed by atoms with van der Waals surface area (Å²) in [6.07, 6.45) is 2.02. The van der Waals surface area contributed by atoms with Gasteiger partial charge in [0, 0.05) is 6.20 Å². The minimum absolute atomic E-state index is 0.100. The summed E-state index contributed by atoms with van der Waals surface area (Å²) in [6.45, 7) is 0. The van der Waals surface area contributed by atoms with Gasteiger partial charge in [-0.05, 0) is 11.8 Å². The zero-order valence-corrected chi connectivity index (χ0v) is 12.8. The van der Waals surface area contributed by atoms with Gasteiger partial charge in [0.15, 0.2) is 32.7 Å². The Kier molecular flexibility index (Phi) is 3.79. The molecule has 0 saturated heterocycles. The Balaban J connectivity index is 2.15. The molecule has 0 saturated carbocycles. The quantitative estimate of drug-likeness (QED) is 0.375. The van der Waals surface area contributed by atoms with Crippen molar-refractivity contribution >= 4 is 28.0 Å².